The Hall–Kier alpha value is -1.33. The molecular formula is C23H37NO4. The second-order valence-electron chi connectivity index (χ2n) is 9.52. The van der Waals surface area contributed by atoms with Crippen molar-refractivity contribution in [1.29, 1.82) is 0 Å². The van der Waals surface area contributed by atoms with E-state index in [0.717, 1.165) is 37.8 Å². The van der Waals surface area contributed by atoms with Crippen molar-refractivity contribution in [3.8, 4) is 11.6 Å². The van der Waals surface area contributed by atoms with Gasteiger partial charge in [-0.1, -0.05) is 33.1 Å². The SMILES string of the molecule is CC(C)(c1cc(O)c(C2CC(O)CCC2CCCO)c(O)n1)C1CCCCC1. The first-order valence-corrected chi connectivity index (χ1v) is 11.1. The van der Waals surface area contributed by atoms with Gasteiger partial charge in [0.1, 0.15) is 5.75 Å². The minimum absolute atomic E-state index is 0.0908. The van der Waals surface area contributed by atoms with E-state index in [-0.39, 0.29) is 35.5 Å². The topological polar surface area (TPSA) is 93.8 Å². The molecule has 1 aromatic heterocycles. The van der Waals surface area contributed by atoms with E-state index in [0.29, 0.717) is 24.3 Å². The van der Waals surface area contributed by atoms with Gasteiger partial charge in [-0.05, 0) is 62.7 Å². The second kappa shape index (κ2) is 9.00. The highest BCUT2D eigenvalue weighted by molar-refractivity contribution is 5.45. The first-order valence-electron chi connectivity index (χ1n) is 11.1. The van der Waals surface area contributed by atoms with Gasteiger partial charge in [0.2, 0.25) is 5.88 Å². The minimum atomic E-state index is -0.424. The molecule has 0 saturated heterocycles. The smallest absolute Gasteiger partial charge is 0.218 e. The molecular weight excluding hydrogens is 354 g/mol. The standard InChI is InChI=1S/C23H37NO4/c1-23(2,16-8-4-3-5-9-16)20-14-19(27)21(22(28)24-20)18-13-17(26)11-10-15(18)7-6-12-25/h14-18,25-26H,3-13H2,1-2H3,(H2,24,27,28). The van der Waals surface area contributed by atoms with Crippen LogP contribution < -0.4 is 0 Å². The summed E-state index contributed by atoms with van der Waals surface area (Å²) in [5.74, 6) is 0.611. The molecule has 0 spiro atoms. The Kier molecular flexibility index (Phi) is 6.87. The molecule has 158 valence electrons. The first kappa shape index (κ1) is 21.4. The number of aliphatic hydroxyl groups excluding tert-OH is 2. The highest BCUT2D eigenvalue weighted by Crippen LogP contribution is 2.48. The third-order valence-corrected chi connectivity index (χ3v) is 7.37. The van der Waals surface area contributed by atoms with Crippen LogP contribution in [0.3, 0.4) is 0 Å². The summed E-state index contributed by atoms with van der Waals surface area (Å²) in [7, 11) is 0. The molecule has 1 aromatic rings. The van der Waals surface area contributed by atoms with E-state index in [9.17, 15) is 20.4 Å². The van der Waals surface area contributed by atoms with Crippen LogP contribution in [0.15, 0.2) is 6.07 Å². The van der Waals surface area contributed by atoms with Crippen LogP contribution in [0.1, 0.15) is 95.2 Å². The quantitative estimate of drug-likeness (QED) is 0.578. The van der Waals surface area contributed by atoms with Crippen molar-refractivity contribution in [1.82, 2.24) is 4.98 Å². The van der Waals surface area contributed by atoms with Gasteiger partial charge in [0, 0.05) is 18.1 Å². The minimum Gasteiger partial charge on any atom is -0.507 e. The van der Waals surface area contributed by atoms with E-state index in [4.69, 9.17) is 0 Å². The Morgan fingerprint density at radius 3 is 2.43 bits per heavy atom. The van der Waals surface area contributed by atoms with Gasteiger partial charge in [0.15, 0.2) is 0 Å². The van der Waals surface area contributed by atoms with Gasteiger partial charge in [-0.15, -0.1) is 0 Å². The second-order valence-corrected chi connectivity index (χ2v) is 9.52. The molecule has 0 amide bonds. The third-order valence-electron chi connectivity index (χ3n) is 7.37. The lowest BCUT2D eigenvalue weighted by molar-refractivity contribution is 0.0869. The highest BCUT2D eigenvalue weighted by Gasteiger charge is 2.38. The zero-order chi connectivity index (χ0) is 20.3. The van der Waals surface area contributed by atoms with Gasteiger partial charge in [0.25, 0.3) is 0 Å². The fraction of sp³-hybridized carbons (Fsp3) is 0.783. The molecule has 1 heterocycles. The molecule has 3 atom stereocenters. The molecule has 0 aliphatic heterocycles. The van der Waals surface area contributed by atoms with Crippen LogP contribution >= 0.6 is 0 Å². The van der Waals surface area contributed by atoms with Crippen LogP contribution in [0.4, 0.5) is 0 Å². The maximum absolute atomic E-state index is 10.9. The summed E-state index contributed by atoms with van der Waals surface area (Å²) in [6.07, 6.45) is 9.25. The van der Waals surface area contributed by atoms with Crippen molar-refractivity contribution in [3.63, 3.8) is 0 Å². The number of hydrogen-bond donors (Lipinski definition) is 4. The molecule has 0 aromatic carbocycles. The van der Waals surface area contributed by atoms with Crippen LogP contribution in [-0.2, 0) is 5.41 Å². The average molecular weight is 392 g/mol. The van der Waals surface area contributed by atoms with Gasteiger partial charge in [-0.2, -0.15) is 0 Å². The van der Waals surface area contributed by atoms with E-state index in [2.05, 4.69) is 18.8 Å². The van der Waals surface area contributed by atoms with Gasteiger partial charge in [-0.3, -0.25) is 0 Å². The van der Waals surface area contributed by atoms with Crippen molar-refractivity contribution in [2.24, 2.45) is 11.8 Å². The summed E-state index contributed by atoms with van der Waals surface area (Å²) in [5, 5.41) is 41.1. The predicted octanol–water partition coefficient (Wildman–Crippen LogP) is 4.37. The first-order chi connectivity index (χ1) is 13.3. The van der Waals surface area contributed by atoms with Crippen LogP contribution in [0.25, 0.3) is 0 Å². The number of aromatic hydroxyl groups is 2. The molecule has 0 bridgehead atoms. The van der Waals surface area contributed by atoms with Crippen molar-refractivity contribution in [2.75, 3.05) is 6.61 Å². The fourth-order valence-corrected chi connectivity index (χ4v) is 5.51. The lowest BCUT2D eigenvalue weighted by atomic mass is 9.68. The normalized spacial score (nSPS) is 27.1. The molecule has 2 aliphatic rings. The Morgan fingerprint density at radius 1 is 1.07 bits per heavy atom. The molecule has 2 aliphatic carbocycles. The summed E-state index contributed by atoms with van der Waals surface area (Å²) in [5.41, 5.74) is 1.03. The molecule has 2 saturated carbocycles. The number of hydrogen-bond acceptors (Lipinski definition) is 5. The predicted molar refractivity (Wildman–Crippen MR) is 110 cm³/mol. The molecule has 4 N–H and O–H groups in total. The van der Waals surface area contributed by atoms with Crippen molar-refractivity contribution >= 4 is 0 Å². The third kappa shape index (κ3) is 4.46. The molecule has 3 unspecified atom stereocenters. The molecule has 5 nitrogen and oxygen atoms in total. The summed E-state index contributed by atoms with van der Waals surface area (Å²) >= 11 is 0. The van der Waals surface area contributed by atoms with Crippen LogP contribution in [0.5, 0.6) is 11.6 Å². The zero-order valence-corrected chi connectivity index (χ0v) is 17.4. The number of aliphatic hydroxyl groups is 2. The molecule has 2 fully saturated rings. The number of rotatable bonds is 6. The van der Waals surface area contributed by atoms with Gasteiger partial charge in [0.05, 0.1) is 17.4 Å². The Balaban J connectivity index is 1.90. The highest BCUT2D eigenvalue weighted by atomic mass is 16.3. The fourth-order valence-electron chi connectivity index (χ4n) is 5.51. The van der Waals surface area contributed by atoms with Crippen LogP contribution in [0.2, 0.25) is 0 Å². The van der Waals surface area contributed by atoms with Crippen molar-refractivity contribution in [3.05, 3.63) is 17.3 Å². The summed E-state index contributed by atoms with van der Waals surface area (Å²) < 4.78 is 0. The molecule has 3 rings (SSSR count). The van der Waals surface area contributed by atoms with E-state index in [1.54, 1.807) is 6.07 Å². The summed E-state index contributed by atoms with van der Waals surface area (Å²) in [6, 6.07) is 1.74. The van der Waals surface area contributed by atoms with E-state index < -0.39 is 6.10 Å². The Morgan fingerprint density at radius 2 is 1.79 bits per heavy atom. The number of pyridine rings is 1. The molecule has 0 radical (unpaired) electrons. The lowest BCUT2D eigenvalue weighted by Crippen LogP contribution is -2.32. The van der Waals surface area contributed by atoms with Gasteiger partial charge in [-0.25, -0.2) is 4.98 Å². The zero-order valence-electron chi connectivity index (χ0n) is 17.4. The lowest BCUT2D eigenvalue weighted by Gasteiger charge is -2.38. The maximum atomic E-state index is 10.9. The Labute approximate surface area is 168 Å². The summed E-state index contributed by atoms with van der Waals surface area (Å²) in [4.78, 5) is 4.56. The Bertz CT molecular complexity index is 629. The summed E-state index contributed by atoms with van der Waals surface area (Å²) in [6.45, 7) is 4.47. The van der Waals surface area contributed by atoms with Crippen LogP contribution in [0, 0.1) is 11.8 Å². The molecule has 28 heavy (non-hydrogen) atoms. The van der Waals surface area contributed by atoms with Crippen molar-refractivity contribution < 1.29 is 20.4 Å². The van der Waals surface area contributed by atoms with Gasteiger partial charge >= 0.3 is 0 Å². The average Bonchev–Trinajstić information content (AvgIpc) is 2.67. The van der Waals surface area contributed by atoms with E-state index in [1.807, 2.05) is 0 Å². The molecule has 5 heteroatoms. The van der Waals surface area contributed by atoms with E-state index >= 15 is 0 Å². The number of aromatic nitrogens is 1. The van der Waals surface area contributed by atoms with Crippen molar-refractivity contribution in [2.45, 2.75) is 95.5 Å². The largest absolute Gasteiger partial charge is 0.507 e. The van der Waals surface area contributed by atoms with Gasteiger partial charge < -0.3 is 20.4 Å². The maximum Gasteiger partial charge on any atom is 0.218 e. The van der Waals surface area contributed by atoms with E-state index in [1.165, 1.54) is 19.3 Å². The van der Waals surface area contributed by atoms with Crippen LogP contribution in [-0.4, -0.2) is 38.1 Å². The monoisotopic (exact) mass is 391 g/mol. The number of nitrogens with zero attached hydrogens (tertiary/aromatic N) is 1.